The van der Waals surface area contributed by atoms with E-state index in [1.54, 1.807) is 0 Å². The van der Waals surface area contributed by atoms with Crippen molar-refractivity contribution in [3.8, 4) is 0 Å². The van der Waals surface area contributed by atoms with Crippen LogP contribution >= 0.6 is 11.8 Å². The lowest BCUT2D eigenvalue weighted by atomic mass is 9.98. The van der Waals surface area contributed by atoms with Crippen molar-refractivity contribution in [3.05, 3.63) is 138 Å². The maximum Gasteiger partial charge on any atom is 0.338 e. The lowest BCUT2D eigenvalue weighted by Gasteiger charge is -2.45. The van der Waals surface area contributed by atoms with Crippen LogP contribution in [0.2, 0.25) is 0 Å². The number of benzene rings is 4. The predicted octanol–water partition coefficient (Wildman–Crippen LogP) is 7.60. The monoisotopic (exact) mass is 612 g/mol. The Kier molecular flexibility index (Phi) is 11.3. The fourth-order valence-electron chi connectivity index (χ4n) is 4.94. The Morgan fingerprint density at radius 3 is 1.48 bits per heavy atom. The van der Waals surface area contributed by atoms with E-state index in [4.69, 9.17) is 23.7 Å². The molecule has 4 aromatic rings. The van der Waals surface area contributed by atoms with Crippen LogP contribution in [0.4, 0.5) is 0 Å². The smallest absolute Gasteiger partial charge is 0.338 e. The lowest BCUT2D eigenvalue weighted by Crippen LogP contribution is -2.62. The van der Waals surface area contributed by atoms with E-state index >= 15 is 0 Å². The molecular formula is C37H40O6S. The van der Waals surface area contributed by atoms with E-state index < -0.39 is 41.4 Å². The molecule has 0 amide bonds. The van der Waals surface area contributed by atoms with Gasteiger partial charge < -0.3 is 23.7 Å². The molecule has 5 rings (SSSR count). The molecular weight excluding hydrogens is 572 g/mol. The molecule has 0 spiro atoms. The number of carbonyl (C=O) groups is 1. The number of ether oxygens (including phenoxy) is 5. The van der Waals surface area contributed by atoms with Crippen LogP contribution in [0.5, 0.6) is 0 Å². The van der Waals surface area contributed by atoms with Gasteiger partial charge in [0, 0.05) is 4.90 Å². The van der Waals surface area contributed by atoms with Gasteiger partial charge in [-0.3, -0.25) is 0 Å². The van der Waals surface area contributed by atoms with E-state index in [1.807, 2.05) is 142 Å². The normalized spacial score (nSPS) is 21.9. The zero-order valence-electron chi connectivity index (χ0n) is 25.4. The summed E-state index contributed by atoms with van der Waals surface area (Å²) in [5.74, 6) is -0.496. The molecule has 1 aliphatic heterocycles. The molecule has 1 aliphatic rings. The van der Waals surface area contributed by atoms with E-state index in [-0.39, 0.29) is 6.61 Å². The third-order valence-electron chi connectivity index (χ3n) is 6.99. The molecule has 0 bridgehead atoms. The standard InChI is InChI=1S/C37H40O6S/c1-37(2,3)43-35(38)33-31(39-24-27-16-8-4-9-17-27)32(40-25-28-18-10-5-11-19-28)34(41-26-29-20-12-6-13-21-29)36(42-33)44-30-22-14-7-15-23-30/h4-23,31-34,36H,24-26H2,1-3H3/t31-,32+,33+,34-,36+/m1/s1. The minimum atomic E-state index is -1.04. The molecule has 230 valence electrons. The highest BCUT2D eigenvalue weighted by molar-refractivity contribution is 7.99. The number of hydrogen-bond acceptors (Lipinski definition) is 7. The zero-order chi connectivity index (χ0) is 30.8. The third kappa shape index (κ3) is 9.27. The Bertz CT molecular complexity index is 1410. The first-order chi connectivity index (χ1) is 21.4. The van der Waals surface area contributed by atoms with E-state index in [0.717, 1.165) is 21.6 Å². The summed E-state index contributed by atoms with van der Waals surface area (Å²) in [4.78, 5) is 14.8. The average molecular weight is 613 g/mol. The van der Waals surface area contributed by atoms with Gasteiger partial charge in [0.2, 0.25) is 0 Å². The van der Waals surface area contributed by atoms with Crippen LogP contribution in [-0.2, 0) is 48.3 Å². The van der Waals surface area contributed by atoms with Crippen molar-refractivity contribution in [1.29, 1.82) is 0 Å². The molecule has 0 radical (unpaired) electrons. The molecule has 1 fully saturated rings. The second-order valence-electron chi connectivity index (χ2n) is 11.7. The number of esters is 1. The molecule has 0 aromatic heterocycles. The zero-order valence-corrected chi connectivity index (χ0v) is 26.2. The molecule has 0 N–H and O–H groups in total. The molecule has 0 unspecified atom stereocenters. The second kappa shape index (κ2) is 15.5. The van der Waals surface area contributed by atoms with Crippen molar-refractivity contribution in [2.24, 2.45) is 0 Å². The van der Waals surface area contributed by atoms with Crippen LogP contribution in [-0.4, -0.2) is 41.4 Å². The molecule has 1 heterocycles. The van der Waals surface area contributed by atoms with Crippen molar-refractivity contribution in [2.75, 3.05) is 0 Å². The SMILES string of the molecule is CC(C)(C)OC(=O)[C@H]1O[C@@H](Sc2ccccc2)[C@H](OCc2ccccc2)[C@@H](OCc2ccccc2)[C@H]1OCc1ccccc1. The first kappa shape index (κ1) is 31.9. The Morgan fingerprint density at radius 1 is 0.614 bits per heavy atom. The highest BCUT2D eigenvalue weighted by atomic mass is 32.2. The fraction of sp³-hybridized carbons (Fsp3) is 0.324. The number of thioether (sulfide) groups is 1. The first-order valence-corrected chi connectivity index (χ1v) is 15.8. The fourth-order valence-corrected chi connectivity index (χ4v) is 6.06. The van der Waals surface area contributed by atoms with Crippen LogP contribution in [0, 0.1) is 0 Å². The molecule has 0 aliphatic carbocycles. The minimum Gasteiger partial charge on any atom is -0.458 e. The molecule has 1 saturated heterocycles. The Balaban J connectivity index is 1.52. The molecule has 6 nitrogen and oxygen atoms in total. The van der Waals surface area contributed by atoms with Crippen molar-refractivity contribution in [1.82, 2.24) is 0 Å². The van der Waals surface area contributed by atoms with E-state index in [0.29, 0.717) is 13.2 Å². The second-order valence-corrected chi connectivity index (χ2v) is 12.8. The number of rotatable bonds is 12. The van der Waals surface area contributed by atoms with E-state index in [1.165, 1.54) is 11.8 Å². The quantitative estimate of drug-likeness (QED) is 0.153. The Hall–Kier alpha value is -3.46. The molecule has 4 aromatic carbocycles. The lowest BCUT2D eigenvalue weighted by molar-refractivity contribution is -0.252. The van der Waals surface area contributed by atoms with Crippen molar-refractivity contribution in [3.63, 3.8) is 0 Å². The topological polar surface area (TPSA) is 63.2 Å². The van der Waals surface area contributed by atoms with Gasteiger partial charge in [-0.1, -0.05) is 121 Å². The summed E-state index contributed by atoms with van der Waals surface area (Å²) in [6, 6.07) is 39.8. The summed E-state index contributed by atoms with van der Waals surface area (Å²) < 4.78 is 32.4. The van der Waals surface area contributed by atoms with Crippen LogP contribution < -0.4 is 0 Å². The molecule has 0 saturated carbocycles. The summed E-state index contributed by atoms with van der Waals surface area (Å²) in [6.07, 6.45) is -3.09. The summed E-state index contributed by atoms with van der Waals surface area (Å²) in [7, 11) is 0. The van der Waals surface area contributed by atoms with Crippen molar-refractivity contribution < 1.29 is 28.5 Å². The predicted molar refractivity (Wildman–Crippen MR) is 172 cm³/mol. The molecule has 44 heavy (non-hydrogen) atoms. The average Bonchev–Trinajstić information content (AvgIpc) is 3.03. The Labute approximate surface area is 264 Å². The first-order valence-electron chi connectivity index (χ1n) is 14.9. The van der Waals surface area contributed by atoms with Gasteiger partial charge in [0.1, 0.15) is 29.3 Å². The highest BCUT2D eigenvalue weighted by Gasteiger charge is 2.52. The largest absolute Gasteiger partial charge is 0.458 e. The van der Waals surface area contributed by atoms with Gasteiger partial charge in [-0.05, 0) is 49.6 Å². The van der Waals surface area contributed by atoms with Gasteiger partial charge in [0.25, 0.3) is 0 Å². The van der Waals surface area contributed by atoms with Crippen LogP contribution in [0.1, 0.15) is 37.5 Å². The maximum atomic E-state index is 13.8. The van der Waals surface area contributed by atoms with Gasteiger partial charge >= 0.3 is 5.97 Å². The maximum absolute atomic E-state index is 13.8. The van der Waals surface area contributed by atoms with Crippen molar-refractivity contribution in [2.45, 2.75) is 80.9 Å². The third-order valence-corrected chi connectivity index (χ3v) is 8.14. The minimum absolute atomic E-state index is 0.265. The molecule has 7 heteroatoms. The summed E-state index contributed by atoms with van der Waals surface area (Å²) >= 11 is 1.50. The van der Waals surface area contributed by atoms with E-state index in [2.05, 4.69) is 0 Å². The van der Waals surface area contributed by atoms with Crippen LogP contribution in [0.25, 0.3) is 0 Å². The summed E-state index contributed by atoms with van der Waals surface area (Å²) in [5.41, 5.74) is 1.70. The van der Waals surface area contributed by atoms with Gasteiger partial charge in [0.05, 0.1) is 19.8 Å². The van der Waals surface area contributed by atoms with Gasteiger partial charge in [0.15, 0.2) is 6.10 Å². The number of carbonyl (C=O) groups excluding carboxylic acids is 1. The van der Waals surface area contributed by atoms with Crippen LogP contribution in [0.15, 0.2) is 126 Å². The number of hydrogen-bond donors (Lipinski definition) is 0. The van der Waals surface area contributed by atoms with E-state index in [9.17, 15) is 4.79 Å². The van der Waals surface area contributed by atoms with Gasteiger partial charge in [-0.15, -0.1) is 0 Å². The van der Waals surface area contributed by atoms with Gasteiger partial charge in [-0.2, -0.15) is 0 Å². The highest BCUT2D eigenvalue weighted by Crippen LogP contribution is 2.39. The van der Waals surface area contributed by atoms with Crippen LogP contribution in [0.3, 0.4) is 0 Å². The summed E-state index contributed by atoms with van der Waals surface area (Å²) in [5, 5.41) is 0. The van der Waals surface area contributed by atoms with Crippen molar-refractivity contribution >= 4 is 17.7 Å². The molecule has 5 atom stereocenters. The van der Waals surface area contributed by atoms with Gasteiger partial charge in [-0.25, -0.2) is 4.79 Å². The Morgan fingerprint density at radius 2 is 1.02 bits per heavy atom. The summed E-state index contributed by atoms with van der Waals surface area (Å²) in [6.45, 7) is 6.46.